The van der Waals surface area contributed by atoms with E-state index in [1.165, 1.54) is 37.3 Å². The molecule has 0 aliphatic rings. The van der Waals surface area contributed by atoms with Gasteiger partial charge >= 0.3 is 12.2 Å². The summed E-state index contributed by atoms with van der Waals surface area (Å²) in [5, 5.41) is 15.6. The number of non-ortho nitro benzene ring substituents is 1. The topological polar surface area (TPSA) is 146 Å². The van der Waals surface area contributed by atoms with Gasteiger partial charge in [-0.1, -0.05) is 24.8 Å². The van der Waals surface area contributed by atoms with Gasteiger partial charge in [0.05, 0.1) is 4.92 Å². The van der Waals surface area contributed by atoms with Crippen LogP contribution < -0.4 is 15.4 Å². The minimum Gasteiger partial charge on any atom is -0.445 e. The van der Waals surface area contributed by atoms with Gasteiger partial charge in [0.2, 0.25) is 5.91 Å². The average Bonchev–Trinajstić information content (AvgIpc) is 2.77. The van der Waals surface area contributed by atoms with Gasteiger partial charge in [0.25, 0.3) is 5.69 Å². The third-order valence-corrected chi connectivity index (χ3v) is 3.89. The molecule has 0 aromatic heterocycles. The summed E-state index contributed by atoms with van der Waals surface area (Å²) >= 11 is 0. The van der Waals surface area contributed by atoms with Crippen molar-refractivity contribution in [3.63, 3.8) is 0 Å². The molecule has 2 rings (SSSR count). The number of carbonyl (C=O) groups is 3. The molecule has 0 radical (unpaired) electrons. The summed E-state index contributed by atoms with van der Waals surface area (Å²) in [4.78, 5) is 45.4. The molecule has 2 aromatic rings. The molecule has 11 heteroatoms. The van der Waals surface area contributed by atoms with Gasteiger partial charge in [-0.05, 0) is 36.8 Å². The zero-order chi connectivity index (χ0) is 23.5. The highest BCUT2D eigenvalue weighted by molar-refractivity contribution is 5.96. The summed E-state index contributed by atoms with van der Waals surface area (Å²) in [7, 11) is 0. The first-order valence-corrected chi connectivity index (χ1v) is 9.31. The number of alkyl carbamates (subject to hydrolysis) is 1. The van der Waals surface area contributed by atoms with Crippen LogP contribution in [0.2, 0.25) is 0 Å². The lowest BCUT2D eigenvalue weighted by Crippen LogP contribution is -2.41. The molecular weight excluding hydrogens is 422 g/mol. The Hall–Kier alpha value is -4.41. The van der Waals surface area contributed by atoms with Gasteiger partial charge in [-0.3, -0.25) is 14.9 Å². The number of rotatable bonds is 9. The summed E-state index contributed by atoms with van der Waals surface area (Å²) in [5.74, 6) is -0.342. The molecule has 0 saturated carbocycles. The van der Waals surface area contributed by atoms with Gasteiger partial charge in [0.1, 0.15) is 25.0 Å². The maximum Gasteiger partial charge on any atom is 0.514 e. The van der Waals surface area contributed by atoms with Crippen LogP contribution in [-0.4, -0.2) is 35.7 Å². The fourth-order valence-corrected chi connectivity index (χ4v) is 2.26. The van der Waals surface area contributed by atoms with Crippen molar-refractivity contribution in [2.24, 2.45) is 0 Å². The van der Waals surface area contributed by atoms with Gasteiger partial charge < -0.3 is 24.8 Å². The van der Waals surface area contributed by atoms with E-state index in [-0.39, 0.29) is 24.7 Å². The van der Waals surface area contributed by atoms with Crippen LogP contribution in [0.5, 0.6) is 5.75 Å². The molecule has 1 atom stereocenters. The third kappa shape index (κ3) is 7.78. The zero-order valence-corrected chi connectivity index (χ0v) is 17.1. The SMILES string of the molecule is C=CCOC(=O)N[C@@H](C)C(=O)Nc1ccc(COC(=O)Oc2ccc([N+](=O)[O-])cc2)cc1. The first-order valence-electron chi connectivity index (χ1n) is 9.31. The number of nitro benzene ring substituents is 1. The first-order chi connectivity index (χ1) is 15.3. The molecule has 0 bridgehead atoms. The second kappa shape index (κ2) is 11.7. The average molecular weight is 443 g/mol. The van der Waals surface area contributed by atoms with Crippen LogP contribution in [-0.2, 0) is 20.9 Å². The number of carbonyl (C=O) groups excluding carboxylic acids is 3. The van der Waals surface area contributed by atoms with Crippen LogP contribution in [0.3, 0.4) is 0 Å². The normalized spacial score (nSPS) is 10.9. The molecule has 0 fully saturated rings. The first kappa shape index (κ1) is 23.9. The van der Waals surface area contributed by atoms with E-state index in [2.05, 4.69) is 17.2 Å². The molecule has 2 N–H and O–H groups in total. The van der Waals surface area contributed by atoms with Crippen LogP contribution in [0.25, 0.3) is 0 Å². The number of nitrogens with one attached hydrogen (secondary N) is 2. The number of ether oxygens (including phenoxy) is 3. The van der Waals surface area contributed by atoms with Gasteiger partial charge in [-0.15, -0.1) is 0 Å². The molecule has 11 nitrogen and oxygen atoms in total. The molecule has 0 unspecified atom stereocenters. The largest absolute Gasteiger partial charge is 0.514 e. The maximum absolute atomic E-state index is 12.1. The monoisotopic (exact) mass is 443 g/mol. The zero-order valence-electron chi connectivity index (χ0n) is 17.1. The number of hydrogen-bond acceptors (Lipinski definition) is 8. The Kier molecular flexibility index (Phi) is 8.72. The van der Waals surface area contributed by atoms with E-state index in [9.17, 15) is 24.5 Å². The summed E-state index contributed by atoms with van der Waals surface area (Å²) in [6.07, 6.45) is -0.301. The van der Waals surface area contributed by atoms with E-state index in [1.807, 2.05) is 0 Å². The Morgan fingerprint density at radius 2 is 1.75 bits per heavy atom. The van der Waals surface area contributed by atoms with Crippen molar-refractivity contribution in [2.45, 2.75) is 19.6 Å². The van der Waals surface area contributed by atoms with E-state index in [4.69, 9.17) is 14.2 Å². The Morgan fingerprint density at radius 3 is 2.34 bits per heavy atom. The van der Waals surface area contributed by atoms with E-state index in [0.29, 0.717) is 11.3 Å². The molecule has 0 aliphatic carbocycles. The second-order valence-corrected chi connectivity index (χ2v) is 6.33. The smallest absolute Gasteiger partial charge is 0.445 e. The molecule has 2 aromatic carbocycles. The lowest BCUT2D eigenvalue weighted by molar-refractivity contribution is -0.384. The summed E-state index contributed by atoms with van der Waals surface area (Å²) in [6.45, 7) is 4.87. The predicted octanol–water partition coefficient (Wildman–Crippen LogP) is 3.55. The quantitative estimate of drug-likeness (QED) is 0.197. The fourth-order valence-electron chi connectivity index (χ4n) is 2.26. The van der Waals surface area contributed by atoms with Crippen LogP contribution >= 0.6 is 0 Å². The molecular formula is C21H21N3O8. The highest BCUT2D eigenvalue weighted by atomic mass is 16.7. The van der Waals surface area contributed by atoms with Crippen molar-refractivity contribution < 1.29 is 33.5 Å². The van der Waals surface area contributed by atoms with Crippen molar-refractivity contribution in [3.8, 4) is 5.75 Å². The Balaban J connectivity index is 1.78. The van der Waals surface area contributed by atoms with E-state index in [1.54, 1.807) is 24.3 Å². The number of benzene rings is 2. The lowest BCUT2D eigenvalue weighted by Gasteiger charge is -2.14. The number of nitrogens with zero attached hydrogens (tertiary/aromatic N) is 1. The van der Waals surface area contributed by atoms with Gasteiger partial charge in [0, 0.05) is 17.8 Å². The molecule has 32 heavy (non-hydrogen) atoms. The van der Waals surface area contributed by atoms with E-state index in [0.717, 1.165) is 0 Å². The molecule has 0 spiro atoms. The minimum atomic E-state index is -0.973. The van der Waals surface area contributed by atoms with E-state index >= 15 is 0 Å². The summed E-state index contributed by atoms with van der Waals surface area (Å²) in [6, 6.07) is 10.6. The summed E-state index contributed by atoms with van der Waals surface area (Å²) < 4.78 is 14.7. The minimum absolute atomic E-state index is 0.0329. The Morgan fingerprint density at radius 1 is 1.09 bits per heavy atom. The maximum atomic E-state index is 12.1. The molecule has 168 valence electrons. The molecule has 0 aliphatic heterocycles. The number of amides is 2. The van der Waals surface area contributed by atoms with Crippen LogP contribution in [0.1, 0.15) is 12.5 Å². The van der Waals surface area contributed by atoms with Crippen molar-refractivity contribution in [3.05, 3.63) is 76.9 Å². The second-order valence-electron chi connectivity index (χ2n) is 6.33. The van der Waals surface area contributed by atoms with Gasteiger partial charge in [-0.2, -0.15) is 0 Å². The predicted molar refractivity (Wildman–Crippen MR) is 113 cm³/mol. The van der Waals surface area contributed by atoms with Crippen molar-refractivity contribution >= 4 is 29.5 Å². The third-order valence-electron chi connectivity index (χ3n) is 3.89. The standard InChI is InChI=1S/C21H21N3O8/c1-3-12-30-20(26)22-14(2)19(25)23-16-6-4-15(5-7-16)13-31-21(27)32-18-10-8-17(9-11-18)24(28)29/h3-11,14H,1,12-13H2,2H3,(H,22,26)(H,23,25)/t14-/m0/s1. The highest BCUT2D eigenvalue weighted by Gasteiger charge is 2.16. The Bertz CT molecular complexity index is 974. The lowest BCUT2D eigenvalue weighted by atomic mass is 10.2. The number of nitro groups is 1. The van der Waals surface area contributed by atoms with Gasteiger partial charge in [0.15, 0.2) is 0 Å². The van der Waals surface area contributed by atoms with E-state index < -0.39 is 29.1 Å². The van der Waals surface area contributed by atoms with Gasteiger partial charge in [-0.25, -0.2) is 9.59 Å². The van der Waals surface area contributed by atoms with Crippen LogP contribution in [0, 0.1) is 10.1 Å². The number of anilines is 1. The van der Waals surface area contributed by atoms with Crippen molar-refractivity contribution in [1.82, 2.24) is 5.32 Å². The van der Waals surface area contributed by atoms with Crippen molar-refractivity contribution in [1.29, 1.82) is 0 Å². The highest BCUT2D eigenvalue weighted by Crippen LogP contribution is 2.18. The molecule has 0 saturated heterocycles. The fraction of sp³-hybridized carbons (Fsp3) is 0.190. The summed E-state index contributed by atoms with van der Waals surface area (Å²) in [5.41, 5.74) is 0.971. The molecule has 0 heterocycles. The van der Waals surface area contributed by atoms with Crippen molar-refractivity contribution in [2.75, 3.05) is 11.9 Å². The molecule has 2 amide bonds. The van der Waals surface area contributed by atoms with Crippen LogP contribution in [0.4, 0.5) is 21.0 Å². The Labute approximate surface area is 183 Å². The van der Waals surface area contributed by atoms with Crippen LogP contribution in [0.15, 0.2) is 61.2 Å². The number of hydrogen-bond donors (Lipinski definition) is 2.